The number of rotatable bonds is 13. The van der Waals surface area contributed by atoms with Crippen LogP contribution in [0.25, 0.3) is 0 Å². The number of methoxy groups -OCH3 is 1. The molecule has 1 unspecified atom stereocenters. The van der Waals surface area contributed by atoms with Crippen LogP contribution in [0.15, 0.2) is 0 Å². The zero-order chi connectivity index (χ0) is 15.5. The first-order valence-electron chi connectivity index (χ1n) is 7.17. The van der Waals surface area contributed by atoms with Crippen molar-refractivity contribution in [3.05, 3.63) is 0 Å². The minimum atomic E-state index is -4.08. The second kappa shape index (κ2) is 10.5. The molecule has 0 aromatic heterocycles. The molecule has 20 heavy (non-hydrogen) atoms. The minimum Gasteiger partial charge on any atom is -0.748 e. The van der Waals surface area contributed by atoms with E-state index in [4.69, 9.17) is 9.47 Å². The van der Waals surface area contributed by atoms with Crippen molar-refractivity contribution in [2.24, 2.45) is 0 Å². The monoisotopic (exact) mass is 311 g/mol. The summed E-state index contributed by atoms with van der Waals surface area (Å²) in [6.45, 7) is 6.77. The van der Waals surface area contributed by atoms with Gasteiger partial charge in [0, 0.05) is 12.9 Å². The lowest BCUT2D eigenvalue weighted by Gasteiger charge is -2.34. The van der Waals surface area contributed by atoms with E-state index in [1.54, 1.807) is 7.11 Å². The Kier molecular flexibility index (Phi) is 10.4. The molecule has 0 spiro atoms. The number of unbranched alkanes of at least 4 members (excludes halogenated alkanes) is 1. The largest absolute Gasteiger partial charge is 0.748 e. The summed E-state index contributed by atoms with van der Waals surface area (Å²) in [6, 6.07) is 0. The van der Waals surface area contributed by atoms with Crippen LogP contribution in [0.1, 0.15) is 26.2 Å². The fourth-order valence-corrected chi connectivity index (χ4v) is 2.73. The zero-order valence-electron chi connectivity index (χ0n) is 13.0. The summed E-state index contributed by atoms with van der Waals surface area (Å²) in [6.07, 6.45) is 2.25. The second-order valence-corrected chi connectivity index (χ2v) is 6.89. The highest BCUT2D eigenvalue weighted by Gasteiger charge is 2.19. The molecule has 6 nitrogen and oxygen atoms in total. The first kappa shape index (κ1) is 19.8. The van der Waals surface area contributed by atoms with Gasteiger partial charge in [-0.05, 0) is 19.3 Å². The molecule has 0 radical (unpaired) electrons. The smallest absolute Gasteiger partial charge is 0.102 e. The number of hydrogen-bond donors (Lipinski definition) is 0. The Balaban J connectivity index is 3.97. The van der Waals surface area contributed by atoms with Gasteiger partial charge in [0.25, 0.3) is 0 Å². The van der Waals surface area contributed by atoms with E-state index in [0.29, 0.717) is 26.2 Å². The molecule has 7 heteroatoms. The molecule has 1 atom stereocenters. The number of hydrogen-bond acceptors (Lipinski definition) is 5. The molecule has 0 bridgehead atoms. The molecule has 0 heterocycles. The van der Waals surface area contributed by atoms with E-state index in [-0.39, 0.29) is 5.75 Å². The van der Waals surface area contributed by atoms with Gasteiger partial charge in [-0.2, -0.15) is 0 Å². The van der Waals surface area contributed by atoms with E-state index < -0.39 is 10.1 Å². The third-order valence-corrected chi connectivity index (χ3v) is 4.10. The molecule has 0 aliphatic carbocycles. The number of ether oxygens (including phenoxy) is 2. The van der Waals surface area contributed by atoms with Crippen molar-refractivity contribution in [1.29, 1.82) is 0 Å². The molecule has 0 rings (SSSR count). The number of nitrogens with zero attached hydrogens (tertiary/aromatic N) is 1. The lowest BCUT2D eigenvalue weighted by molar-refractivity contribution is -0.910. The van der Waals surface area contributed by atoms with Crippen LogP contribution >= 0.6 is 0 Å². The van der Waals surface area contributed by atoms with Crippen molar-refractivity contribution in [2.45, 2.75) is 26.2 Å². The van der Waals surface area contributed by atoms with Gasteiger partial charge in [0.15, 0.2) is 0 Å². The highest BCUT2D eigenvalue weighted by molar-refractivity contribution is 7.85. The topological polar surface area (TPSA) is 75.7 Å². The van der Waals surface area contributed by atoms with Gasteiger partial charge in [-0.25, -0.2) is 8.42 Å². The summed E-state index contributed by atoms with van der Waals surface area (Å²) >= 11 is 0. The van der Waals surface area contributed by atoms with E-state index in [1.165, 1.54) is 0 Å². The Labute approximate surface area is 123 Å². The fraction of sp³-hybridized carbons (Fsp3) is 1.00. The van der Waals surface area contributed by atoms with Crippen LogP contribution in [0.4, 0.5) is 0 Å². The van der Waals surface area contributed by atoms with Crippen molar-refractivity contribution in [1.82, 2.24) is 0 Å². The first-order chi connectivity index (χ1) is 9.33. The lowest BCUT2D eigenvalue weighted by atomic mass is 10.2. The van der Waals surface area contributed by atoms with Crippen molar-refractivity contribution in [3.8, 4) is 0 Å². The van der Waals surface area contributed by atoms with E-state index in [0.717, 1.165) is 37.0 Å². The van der Waals surface area contributed by atoms with Gasteiger partial charge < -0.3 is 18.5 Å². The van der Waals surface area contributed by atoms with Gasteiger partial charge in [0.05, 0.1) is 50.1 Å². The summed E-state index contributed by atoms with van der Waals surface area (Å²) in [5.41, 5.74) is 0. The van der Waals surface area contributed by atoms with Gasteiger partial charge in [0.1, 0.15) is 6.54 Å². The van der Waals surface area contributed by atoms with Crippen LogP contribution in [0, 0.1) is 0 Å². The highest BCUT2D eigenvalue weighted by Crippen LogP contribution is 2.08. The van der Waals surface area contributed by atoms with E-state index in [2.05, 4.69) is 14.0 Å². The summed E-state index contributed by atoms with van der Waals surface area (Å²) in [5, 5.41) is 0. The predicted octanol–water partition coefficient (Wildman–Crippen LogP) is 0.831. The van der Waals surface area contributed by atoms with Crippen molar-refractivity contribution < 1.29 is 26.9 Å². The van der Waals surface area contributed by atoms with Crippen molar-refractivity contribution >= 4 is 10.1 Å². The Morgan fingerprint density at radius 1 is 1.05 bits per heavy atom. The normalized spacial score (nSPS) is 15.2. The Hall–Kier alpha value is -0.210. The summed E-state index contributed by atoms with van der Waals surface area (Å²) in [5.74, 6) is -0.260. The molecule has 0 aliphatic heterocycles. The third-order valence-electron chi connectivity index (χ3n) is 3.31. The molecule has 0 saturated heterocycles. The standard InChI is InChI=1S/C13H29NO5S/c1-4-7-14(2,9-10-19-12-11-18-3)8-5-6-13-20(15,16)17/h4-13H2,1-3H3. The SMILES string of the molecule is CCC[N+](C)(CCCCS(=O)(=O)[O-])CCOCCOC. The molecule has 0 aliphatic rings. The molecule has 0 amide bonds. The minimum absolute atomic E-state index is 0.260. The maximum atomic E-state index is 10.6. The van der Waals surface area contributed by atoms with Crippen LogP contribution in [-0.2, 0) is 19.6 Å². The van der Waals surface area contributed by atoms with Crippen LogP contribution in [0.2, 0.25) is 0 Å². The second-order valence-electron chi connectivity index (χ2n) is 5.36. The summed E-state index contributed by atoms with van der Waals surface area (Å²) in [7, 11) is -0.286. The van der Waals surface area contributed by atoms with Crippen molar-refractivity contribution in [2.75, 3.05) is 59.4 Å². The maximum Gasteiger partial charge on any atom is 0.102 e. The van der Waals surface area contributed by atoms with Crippen LogP contribution in [-0.4, -0.2) is 76.8 Å². The number of quaternary nitrogens is 1. The Morgan fingerprint density at radius 3 is 2.30 bits per heavy atom. The quantitative estimate of drug-likeness (QED) is 0.286. The predicted molar refractivity (Wildman–Crippen MR) is 77.6 cm³/mol. The van der Waals surface area contributed by atoms with Crippen LogP contribution in [0.5, 0.6) is 0 Å². The Morgan fingerprint density at radius 2 is 1.75 bits per heavy atom. The molecule has 0 fully saturated rings. The molecular formula is C13H29NO5S. The zero-order valence-corrected chi connectivity index (χ0v) is 13.8. The third kappa shape index (κ3) is 11.6. The fourth-order valence-electron chi connectivity index (χ4n) is 2.18. The highest BCUT2D eigenvalue weighted by atomic mass is 32.2. The molecule has 0 aromatic carbocycles. The van der Waals surface area contributed by atoms with Crippen LogP contribution < -0.4 is 0 Å². The Bertz CT molecular complexity index is 334. The first-order valence-corrected chi connectivity index (χ1v) is 8.74. The molecular weight excluding hydrogens is 282 g/mol. The van der Waals surface area contributed by atoms with E-state index >= 15 is 0 Å². The lowest BCUT2D eigenvalue weighted by Crippen LogP contribution is -2.47. The summed E-state index contributed by atoms with van der Waals surface area (Å²) in [4.78, 5) is 0. The summed E-state index contributed by atoms with van der Waals surface area (Å²) < 4.78 is 42.9. The molecule has 0 N–H and O–H groups in total. The van der Waals surface area contributed by atoms with Crippen molar-refractivity contribution in [3.63, 3.8) is 0 Å². The maximum absolute atomic E-state index is 10.6. The molecule has 122 valence electrons. The average molecular weight is 311 g/mol. The molecule has 0 saturated carbocycles. The van der Waals surface area contributed by atoms with Crippen LogP contribution in [0.3, 0.4) is 0 Å². The molecule has 0 aromatic rings. The van der Waals surface area contributed by atoms with Gasteiger partial charge in [0.2, 0.25) is 0 Å². The van der Waals surface area contributed by atoms with Gasteiger partial charge >= 0.3 is 0 Å². The number of likely N-dealkylation sites (N-methyl/N-ethyl adjacent to an activating group) is 1. The van der Waals surface area contributed by atoms with Gasteiger partial charge in [-0.3, -0.25) is 0 Å². The van der Waals surface area contributed by atoms with Gasteiger partial charge in [-0.1, -0.05) is 6.92 Å². The van der Waals surface area contributed by atoms with E-state index in [1.807, 2.05) is 0 Å². The van der Waals surface area contributed by atoms with E-state index in [9.17, 15) is 13.0 Å². The van der Waals surface area contributed by atoms with Gasteiger partial charge in [-0.15, -0.1) is 0 Å². The average Bonchev–Trinajstić information content (AvgIpc) is 2.34.